The van der Waals surface area contributed by atoms with Gasteiger partial charge in [-0.25, -0.2) is 0 Å². The molecule has 0 fully saturated rings. The van der Waals surface area contributed by atoms with Crippen LogP contribution in [0.3, 0.4) is 0 Å². The summed E-state index contributed by atoms with van der Waals surface area (Å²) in [5.41, 5.74) is 5.88. The molecule has 1 unspecified atom stereocenters. The quantitative estimate of drug-likeness (QED) is 0.536. The molecule has 2 N–H and O–H groups in total. The van der Waals surface area contributed by atoms with E-state index in [9.17, 15) is 0 Å². The first-order valence-electron chi connectivity index (χ1n) is 5.12. The van der Waals surface area contributed by atoms with Gasteiger partial charge in [-0.15, -0.1) is 0 Å². The topological polar surface area (TPSA) is 41.6 Å². The van der Waals surface area contributed by atoms with Crippen molar-refractivity contribution < 1.29 is 0 Å². The van der Waals surface area contributed by atoms with Crippen LogP contribution >= 0.6 is 0 Å². The molecule has 3 nitrogen and oxygen atoms in total. The SMILES string of the molecule is CCC(C)N(CC)C(N)=NC(C)C. The second-order valence-electron chi connectivity index (χ2n) is 3.62. The van der Waals surface area contributed by atoms with Crippen LogP contribution in [0.15, 0.2) is 4.99 Å². The minimum Gasteiger partial charge on any atom is -0.370 e. The number of nitrogens with zero attached hydrogens (tertiary/aromatic N) is 2. The molecule has 0 aromatic rings. The van der Waals surface area contributed by atoms with E-state index in [1.54, 1.807) is 0 Å². The van der Waals surface area contributed by atoms with Crippen molar-refractivity contribution in [2.75, 3.05) is 6.54 Å². The van der Waals surface area contributed by atoms with Crippen LogP contribution in [0, 0.1) is 0 Å². The van der Waals surface area contributed by atoms with Gasteiger partial charge < -0.3 is 10.6 Å². The summed E-state index contributed by atoms with van der Waals surface area (Å²) in [7, 11) is 0. The average molecular weight is 185 g/mol. The predicted octanol–water partition coefficient (Wildman–Crippen LogP) is 1.83. The third-order valence-corrected chi connectivity index (χ3v) is 2.15. The molecule has 0 amide bonds. The van der Waals surface area contributed by atoms with Crippen LogP contribution in [-0.2, 0) is 0 Å². The Morgan fingerprint density at radius 1 is 1.31 bits per heavy atom. The fourth-order valence-electron chi connectivity index (χ4n) is 1.26. The molecule has 0 spiro atoms. The van der Waals surface area contributed by atoms with E-state index in [1.165, 1.54) is 0 Å². The standard InChI is InChI=1S/C10H23N3/c1-6-9(5)13(7-2)10(11)12-8(3)4/h8-9H,6-7H2,1-5H3,(H2,11,12). The van der Waals surface area contributed by atoms with Gasteiger partial charge in [0.2, 0.25) is 0 Å². The van der Waals surface area contributed by atoms with Gasteiger partial charge in [0, 0.05) is 18.6 Å². The van der Waals surface area contributed by atoms with E-state index in [1.807, 2.05) is 13.8 Å². The highest BCUT2D eigenvalue weighted by Crippen LogP contribution is 2.03. The molecule has 0 rings (SSSR count). The van der Waals surface area contributed by atoms with E-state index in [4.69, 9.17) is 5.73 Å². The van der Waals surface area contributed by atoms with Gasteiger partial charge in [-0.05, 0) is 34.1 Å². The minimum atomic E-state index is 0.276. The van der Waals surface area contributed by atoms with Gasteiger partial charge in [0.25, 0.3) is 0 Å². The Morgan fingerprint density at radius 3 is 2.15 bits per heavy atom. The van der Waals surface area contributed by atoms with Crippen LogP contribution in [0.2, 0.25) is 0 Å². The monoisotopic (exact) mass is 185 g/mol. The number of aliphatic imine (C=N–C) groups is 1. The largest absolute Gasteiger partial charge is 0.370 e. The molecule has 0 aliphatic carbocycles. The molecule has 0 saturated carbocycles. The lowest BCUT2D eigenvalue weighted by Gasteiger charge is -2.28. The van der Waals surface area contributed by atoms with Gasteiger partial charge in [-0.3, -0.25) is 4.99 Å². The Balaban J connectivity index is 4.39. The van der Waals surface area contributed by atoms with Crippen LogP contribution in [0.25, 0.3) is 0 Å². The van der Waals surface area contributed by atoms with Crippen LogP contribution in [-0.4, -0.2) is 29.5 Å². The van der Waals surface area contributed by atoms with Crippen LogP contribution in [0.4, 0.5) is 0 Å². The summed E-state index contributed by atoms with van der Waals surface area (Å²) in [6, 6.07) is 0.755. The summed E-state index contributed by atoms with van der Waals surface area (Å²) in [5.74, 6) is 0.673. The lowest BCUT2D eigenvalue weighted by molar-refractivity contribution is 0.331. The maximum absolute atomic E-state index is 5.88. The van der Waals surface area contributed by atoms with Crippen molar-refractivity contribution in [3.63, 3.8) is 0 Å². The first kappa shape index (κ1) is 12.3. The summed E-state index contributed by atoms with van der Waals surface area (Å²) < 4.78 is 0. The molecular weight excluding hydrogens is 162 g/mol. The van der Waals surface area contributed by atoms with E-state index < -0.39 is 0 Å². The van der Waals surface area contributed by atoms with Gasteiger partial charge >= 0.3 is 0 Å². The third-order valence-electron chi connectivity index (χ3n) is 2.15. The van der Waals surface area contributed by atoms with E-state index in [0.29, 0.717) is 12.0 Å². The van der Waals surface area contributed by atoms with Gasteiger partial charge in [0.1, 0.15) is 0 Å². The van der Waals surface area contributed by atoms with Crippen LogP contribution < -0.4 is 5.73 Å². The van der Waals surface area contributed by atoms with E-state index in [0.717, 1.165) is 13.0 Å². The van der Waals surface area contributed by atoms with Crippen LogP contribution in [0.5, 0.6) is 0 Å². The first-order valence-corrected chi connectivity index (χ1v) is 5.12. The van der Waals surface area contributed by atoms with Crippen molar-refractivity contribution in [1.29, 1.82) is 0 Å². The van der Waals surface area contributed by atoms with E-state index in [2.05, 4.69) is 30.7 Å². The van der Waals surface area contributed by atoms with Gasteiger partial charge in [-0.1, -0.05) is 6.92 Å². The number of rotatable bonds is 4. The normalized spacial score (nSPS) is 14.8. The lowest BCUT2D eigenvalue weighted by Crippen LogP contribution is -2.43. The fraction of sp³-hybridized carbons (Fsp3) is 0.900. The lowest BCUT2D eigenvalue weighted by atomic mass is 10.2. The number of guanidine groups is 1. The molecule has 0 saturated heterocycles. The average Bonchev–Trinajstić information content (AvgIpc) is 2.03. The zero-order valence-electron chi connectivity index (χ0n) is 9.54. The molecule has 0 heterocycles. The Morgan fingerprint density at radius 2 is 1.85 bits per heavy atom. The highest BCUT2D eigenvalue weighted by Gasteiger charge is 2.11. The number of hydrogen-bond donors (Lipinski definition) is 1. The summed E-state index contributed by atoms with van der Waals surface area (Å²) in [5, 5.41) is 0. The first-order chi connectivity index (χ1) is 6.02. The van der Waals surface area contributed by atoms with Gasteiger partial charge in [0.05, 0.1) is 0 Å². The fourth-order valence-corrected chi connectivity index (χ4v) is 1.26. The van der Waals surface area contributed by atoms with Crippen molar-refractivity contribution in [2.24, 2.45) is 10.7 Å². The van der Waals surface area contributed by atoms with Crippen molar-refractivity contribution in [2.45, 2.75) is 53.1 Å². The molecule has 0 aliphatic heterocycles. The highest BCUT2D eigenvalue weighted by molar-refractivity contribution is 5.78. The molecular formula is C10H23N3. The Kier molecular flexibility index (Phi) is 5.51. The molecule has 0 aromatic carbocycles. The number of hydrogen-bond acceptors (Lipinski definition) is 1. The van der Waals surface area contributed by atoms with Crippen molar-refractivity contribution >= 4 is 5.96 Å². The molecule has 78 valence electrons. The highest BCUT2D eigenvalue weighted by atomic mass is 15.3. The zero-order valence-corrected chi connectivity index (χ0v) is 9.54. The second kappa shape index (κ2) is 5.84. The van der Waals surface area contributed by atoms with Crippen molar-refractivity contribution in [3.05, 3.63) is 0 Å². The van der Waals surface area contributed by atoms with Crippen molar-refractivity contribution in [3.8, 4) is 0 Å². The predicted molar refractivity (Wildman–Crippen MR) is 58.9 cm³/mol. The molecule has 0 bridgehead atoms. The number of nitrogens with two attached hydrogens (primary N) is 1. The molecule has 13 heavy (non-hydrogen) atoms. The maximum Gasteiger partial charge on any atom is 0.191 e. The zero-order chi connectivity index (χ0) is 10.4. The Hall–Kier alpha value is -0.730. The summed E-state index contributed by atoms with van der Waals surface area (Å²) in [6.45, 7) is 11.4. The van der Waals surface area contributed by atoms with Crippen molar-refractivity contribution in [1.82, 2.24) is 4.90 Å². The minimum absolute atomic E-state index is 0.276. The van der Waals surface area contributed by atoms with E-state index in [-0.39, 0.29) is 6.04 Å². The maximum atomic E-state index is 5.88. The molecule has 3 heteroatoms. The van der Waals surface area contributed by atoms with Crippen LogP contribution in [0.1, 0.15) is 41.0 Å². The Bertz CT molecular complexity index is 164. The third kappa shape index (κ3) is 4.15. The Labute approximate surface area is 82.0 Å². The molecule has 0 aromatic heterocycles. The summed E-state index contributed by atoms with van der Waals surface area (Å²) in [4.78, 5) is 6.48. The summed E-state index contributed by atoms with van der Waals surface area (Å²) >= 11 is 0. The molecule has 1 atom stereocenters. The molecule has 0 radical (unpaired) electrons. The second-order valence-corrected chi connectivity index (χ2v) is 3.62. The molecule has 0 aliphatic rings. The van der Waals surface area contributed by atoms with Gasteiger partial charge in [0.15, 0.2) is 5.96 Å². The summed E-state index contributed by atoms with van der Waals surface area (Å²) in [6.07, 6.45) is 1.10. The van der Waals surface area contributed by atoms with Gasteiger partial charge in [-0.2, -0.15) is 0 Å². The smallest absolute Gasteiger partial charge is 0.191 e. The van der Waals surface area contributed by atoms with E-state index >= 15 is 0 Å².